The SMILES string of the molecule is C=COC(=O)c1ccncn1. The quantitative estimate of drug-likeness (QED) is 0.461. The number of aromatic nitrogens is 2. The molecule has 56 valence electrons. The van der Waals surface area contributed by atoms with Crippen LogP contribution in [0.3, 0.4) is 0 Å². The predicted molar refractivity (Wildman–Crippen MR) is 37.6 cm³/mol. The first-order valence-electron chi connectivity index (χ1n) is 2.92. The first-order valence-corrected chi connectivity index (χ1v) is 2.92. The van der Waals surface area contributed by atoms with Gasteiger partial charge in [-0.25, -0.2) is 14.8 Å². The van der Waals surface area contributed by atoms with E-state index in [1.54, 1.807) is 0 Å². The highest BCUT2D eigenvalue weighted by atomic mass is 16.5. The van der Waals surface area contributed by atoms with Gasteiger partial charge in [-0.1, -0.05) is 6.58 Å². The van der Waals surface area contributed by atoms with Crippen LogP contribution in [0.4, 0.5) is 0 Å². The van der Waals surface area contributed by atoms with Gasteiger partial charge in [-0.2, -0.15) is 0 Å². The lowest BCUT2D eigenvalue weighted by molar-refractivity contribution is 0.0657. The van der Waals surface area contributed by atoms with Crippen molar-refractivity contribution in [2.45, 2.75) is 0 Å². The van der Waals surface area contributed by atoms with E-state index < -0.39 is 5.97 Å². The molecule has 0 fully saturated rings. The molecule has 1 heterocycles. The summed E-state index contributed by atoms with van der Waals surface area (Å²) >= 11 is 0. The summed E-state index contributed by atoms with van der Waals surface area (Å²) in [5, 5.41) is 0. The zero-order valence-corrected chi connectivity index (χ0v) is 5.73. The highest BCUT2D eigenvalue weighted by Crippen LogP contribution is 1.94. The molecule has 0 aliphatic rings. The van der Waals surface area contributed by atoms with E-state index in [1.807, 2.05) is 0 Å². The van der Waals surface area contributed by atoms with E-state index in [2.05, 4.69) is 21.3 Å². The van der Waals surface area contributed by atoms with Gasteiger partial charge in [0.1, 0.15) is 6.33 Å². The Hall–Kier alpha value is -1.71. The zero-order valence-electron chi connectivity index (χ0n) is 5.73. The summed E-state index contributed by atoms with van der Waals surface area (Å²) in [5.41, 5.74) is 0.222. The van der Waals surface area contributed by atoms with Crippen LogP contribution in [0, 0.1) is 0 Å². The lowest BCUT2D eigenvalue weighted by atomic mass is 10.4. The highest BCUT2D eigenvalue weighted by Gasteiger charge is 2.04. The smallest absolute Gasteiger partial charge is 0.361 e. The number of carbonyl (C=O) groups excluding carboxylic acids is 1. The molecular formula is C7H6N2O2. The summed E-state index contributed by atoms with van der Waals surface area (Å²) in [6.07, 6.45) is 3.80. The van der Waals surface area contributed by atoms with Crippen molar-refractivity contribution in [1.29, 1.82) is 0 Å². The normalized spacial score (nSPS) is 8.73. The average Bonchev–Trinajstić information content (AvgIpc) is 2.07. The molecule has 0 radical (unpaired) electrons. The van der Waals surface area contributed by atoms with Crippen LogP contribution < -0.4 is 0 Å². The molecule has 0 aromatic carbocycles. The first kappa shape index (κ1) is 7.40. The highest BCUT2D eigenvalue weighted by molar-refractivity contribution is 5.87. The summed E-state index contributed by atoms with van der Waals surface area (Å²) in [4.78, 5) is 18.2. The molecule has 0 unspecified atom stereocenters. The minimum absolute atomic E-state index is 0.222. The lowest BCUT2D eigenvalue weighted by Gasteiger charge is -1.94. The molecule has 0 spiro atoms. The van der Waals surface area contributed by atoms with E-state index in [0.29, 0.717) is 0 Å². The fourth-order valence-electron chi connectivity index (χ4n) is 0.547. The molecule has 0 saturated carbocycles. The van der Waals surface area contributed by atoms with Crippen LogP contribution in [0.15, 0.2) is 31.4 Å². The number of nitrogens with zero attached hydrogens (tertiary/aromatic N) is 2. The van der Waals surface area contributed by atoms with Gasteiger partial charge in [0.25, 0.3) is 0 Å². The van der Waals surface area contributed by atoms with Gasteiger partial charge in [0, 0.05) is 6.20 Å². The number of esters is 1. The molecule has 4 heteroatoms. The van der Waals surface area contributed by atoms with Gasteiger partial charge in [-0.15, -0.1) is 0 Å². The summed E-state index contributed by atoms with van der Waals surface area (Å²) in [5.74, 6) is -0.526. The van der Waals surface area contributed by atoms with Crippen LogP contribution in [0.1, 0.15) is 10.5 Å². The van der Waals surface area contributed by atoms with Gasteiger partial charge in [-0.3, -0.25) is 0 Å². The van der Waals surface area contributed by atoms with Crippen molar-refractivity contribution in [3.8, 4) is 0 Å². The summed E-state index contributed by atoms with van der Waals surface area (Å²) in [6.45, 7) is 3.24. The summed E-state index contributed by atoms with van der Waals surface area (Å²) < 4.78 is 4.46. The molecule has 0 amide bonds. The fraction of sp³-hybridized carbons (Fsp3) is 0. The number of carbonyl (C=O) groups is 1. The molecular weight excluding hydrogens is 144 g/mol. The molecule has 0 atom stereocenters. The van der Waals surface area contributed by atoms with E-state index in [-0.39, 0.29) is 5.69 Å². The molecule has 0 bridgehead atoms. The topological polar surface area (TPSA) is 52.1 Å². The predicted octanol–water partition coefficient (Wildman–Crippen LogP) is 0.777. The summed E-state index contributed by atoms with van der Waals surface area (Å²) in [6, 6.07) is 1.46. The zero-order chi connectivity index (χ0) is 8.10. The van der Waals surface area contributed by atoms with E-state index in [0.717, 1.165) is 6.26 Å². The minimum Gasteiger partial charge on any atom is -0.430 e. The largest absolute Gasteiger partial charge is 0.430 e. The molecule has 0 N–H and O–H groups in total. The number of hydrogen-bond acceptors (Lipinski definition) is 4. The third-order valence-corrected chi connectivity index (χ3v) is 0.981. The Balaban J connectivity index is 2.77. The van der Waals surface area contributed by atoms with Gasteiger partial charge in [0.15, 0.2) is 5.69 Å². The van der Waals surface area contributed by atoms with Gasteiger partial charge in [-0.05, 0) is 6.07 Å². The Morgan fingerprint density at radius 1 is 1.73 bits per heavy atom. The second-order valence-corrected chi connectivity index (χ2v) is 1.67. The Labute approximate surface area is 63.6 Å². The van der Waals surface area contributed by atoms with Crippen molar-refractivity contribution in [2.75, 3.05) is 0 Å². The molecule has 1 aromatic heterocycles. The Morgan fingerprint density at radius 3 is 3.09 bits per heavy atom. The van der Waals surface area contributed by atoms with Gasteiger partial charge in [0.05, 0.1) is 6.26 Å². The van der Waals surface area contributed by atoms with Crippen molar-refractivity contribution in [2.24, 2.45) is 0 Å². The molecule has 4 nitrogen and oxygen atoms in total. The third-order valence-electron chi connectivity index (χ3n) is 0.981. The van der Waals surface area contributed by atoms with Gasteiger partial charge < -0.3 is 4.74 Å². The molecule has 11 heavy (non-hydrogen) atoms. The van der Waals surface area contributed by atoms with E-state index in [1.165, 1.54) is 18.6 Å². The van der Waals surface area contributed by atoms with Crippen molar-refractivity contribution in [3.05, 3.63) is 37.1 Å². The number of rotatable bonds is 2. The number of ether oxygens (including phenoxy) is 1. The van der Waals surface area contributed by atoms with Crippen molar-refractivity contribution in [3.63, 3.8) is 0 Å². The maximum absolute atomic E-state index is 10.9. The second-order valence-electron chi connectivity index (χ2n) is 1.67. The molecule has 0 saturated heterocycles. The third kappa shape index (κ3) is 1.86. The maximum Gasteiger partial charge on any atom is 0.361 e. The number of hydrogen-bond donors (Lipinski definition) is 0. The molecule has 1 aromatic rings. The Morgan fingerprint density at radius 2 is 2.55 bits per heavy atom. The molecule has 0 aliphatic heterocycles. The molecule has 1 rings (SSSR count). The van der Waals surface area contributed by atoms with Crippen LogP contribution in [0.2, 0.25) is 0 Å². The monoisotopic (exact) mass is 150 g/mol. The first-order chi connectivity index (χ1) is 5.34. The standard InChI is InChI=1S/C7H6N2O2/c1-2-11-7(10)6-3-4-8-5-9-6/h2-5H,1H2. The van der Waals surface area contributed by atoms with Crippen LogP contribution in [0.25, 0.3) is 0 Å². The van der Waals surface area contributed by atoms with E-state index in [4.69, 9.17) is 0 Å². The minimum atomic E-state index is -0.526. The van der Waals surface area contributed by atoms with Crippen LogP contribution in [-0.4, -0.2) is 15.9 Å². The fourth-order valence-corrected chi connectivity index (χ4v) is 0.547. The molecule has 0 aliphatic carbocycles. The summed E-state index contributed by atoms with van der Waals surface area (Å²) in [7, 11) is 0. The Bertz CT molecular complexity index is 258. The van der Waals surface area contributed by atoms with Crippen molar-refractivity contribution < 1.29 is 9.53 Å². The van der Waals surface area contributed by atoms with Crippen LogP contribution in [0.5, 0.6) is 0 Å². The average molecular weight is 150 g/mol. The van der Waals surface area contributed by atoms with Crippen LogP contribution >= 0.6 is 0 Å². The Kier molecular flexibility index (Phi) is 2.32. The lowest BCUT2D eigenvalue weighted by Crippen LogP contribution is -2.02. The van der Waals surface area contributed by atoms with Gasteiger partial charge >= 0.3 is 5.97 Å². The van der Waals surface area contributed by atoms with Crippen LogP contribution in [-0.2, 0) is 4.74 Å². The van der Waals surface area contributed by atoms with Crippen molar-refractivity contribution in [1.82, 2.24) is 9.97 Å². The maximum atomic E-state index is 10.9. The second kappa shape index (κ2) is 3.46. The van der Waals surface area contributed by atoms with Crippen molar-refractivity contribution >= 4 is 5.97 Å². The van der Waals surface area contributed by atoms with E-state index >= 15 is 0 Å². The van der Waals surface area contributed by atoms with E-state index in [9.17, 15) is 4.79 Å². The van der Waals surface area contributed by atoms with Gasteiger partial charge in [0.2, 0.25) is 0 Å².